The van der Waals surface area contributed by atoms with Crippen molar-refractivity contribution in [3.8, 4) is 0 Å². The van der Waals surface area contributed by atoms with Crippen molar-refractivity contribution in [3.63, 3.8) is 0 Å². The second-order valence-corrected chi connectivity index (χ2v) is 9.15. The van der Waals surface area contributed by atoms with E-state index < -0.39 is 5.25 Å². The minimum absolute atomic E-state index is 0.0214. The zero-order valence-corrected chi connectivity index (χ0v) is 17.9. The third-order valence-electron chi connectivity index (χ3n) is 4.81. The van der Waals surface area contributed by atoms with E-state index in [0.29, 0.717) is 15.9 Å². The number of hydrogen-bond acceptors (Lipinski definition) is 4. The fourth-order valence-corrected chi connectivity index (χ4v) is 4.74. The molecule has 1 aliphatic carbocycles. The number of anilines is 1. The van der Waals surface area contributed by atoms with E-state index >= 15 is 0 Å². The number of carbonyl (C=O) groups excluding carboxylic acids is 2. The Balaban J connectivity index is 1.50. The highest BCUT2D eigenvalue weighted by atomic mass is 35.5. The summed E-state index contributed by atoms with van der Waals surface area (Å²) < 4.78 is 0. The molecule has 0 bridgehead atoms. The predicted molar refractivity (Wildman–Crippen MR) is 119 cm³/mol. The smallest absolute Gasteiger partial charge is 0.242 e. The van der Waals surface area contributed by atoms with Gasteiger partial charge in [-0.1, -0.05) is 29.4 Å². The Morgan fingerprint density at radius 1 is 1.17 bits per heavy atom. The van der Waals surface area contributed by atoms with Gasteiger partial charge in [-0.3, -0.25) is 14.5 Å². The number of amidine groups is 1. The molecule has 1 N–H and O–H groups in total. The maximum atomic E-state index is 13.0. The van der Waals surface area contributed by atoms with Gasteiger partial charge in [0.05, 0.1) is 5.69 Å². The summed E-state index contributed by atoms with van der Waals surface area (Å²) in [5.41, 5.74) is 3.78. The van der Waals surface area contributed by atoms with E-state index in [1.807, 2.05) is 26.0 Å². The lowest BCUT2D eigenvalue weighted by molar-refractivity contribution is -0.128. The largest absolute Gasteiger partial charge is 0.326 e. The van der Waals surface area contributed by atoms with Crippen LogP contribution in [0.5, 0.6) is 0 Å². The molecule has 5 nitrogen and oxygen atoms in total. The van der Waals surface area contributed by atoms with E-state index in [9.17, 15) is 9.59 Å². The number of thioether (sulfide) groups is 1. The number of rotatable bonds is 5. The molecule has 1 aliphatic heterocycles. The van der Waals surface area contributed by atoms with Crippen molar-refractivity contribution in [1.29, 1.82) is 0 Å². The van der Waals surface area contributed by atoms with Crippen molar-refractivity contribution in [2.45, 2.75) is 44.4 Å². The molecule has 2 aromatic carbocycles. The Hall–Kier alpha value is -2.31. The summed E-state index contributed by atoms with van der Waals surface area (Å²) in [4.78, 5) is 32.0. The zero-order chi connectivity index (χ0) is 20.5. The first-order valence-electron chi connectivity index (χ1n) is 9.61. The summed E-state index contributed by atoms with van der Waals surface area (Å²) in [5, 5.41) is 3.69. The molecular formula is C22H22ClN3O2S. The van der Waals surface area contributed by atoms with Gasteiger partial charge >= 0.3 is 0 Å². The van der Waals surface area contributed by atoms with Crippen LogP contribution < -0.4 is 5.32 Å². The van der Waals surface area contributed by atoms with Crippen LogP contribution in [-0.2, 0) is 9.59 Å². The Kier molecular flexibility index (Phi) is 5.65. The topological polar surface area (TPSA) is 61.8 Å². The van der Waals surface area contributed by atoms with Gasteiger partial charge in [-0.15, -0.1) is 0 Å². The SMILES string of the molecule is Cc1cc(C)cc(N=C2SC(CC(=O)Nc3ccc(Cl)cc3)C(=O)N2C2CC2)c1. The highest BCUT2D eigenvalue weighted by molar-refractivity contribution is 8.15. The third kappa shape index (κ3) is 4.82. The number of carbonyl (C=O) groups is 2. The summed E-state index contributed by atoms with van der Waals surface area (Å²) in [6.07, 6.45) is 2.09. The third-order valence-corrected chi connectivity index (χ3v) is 6.21. The number of hydrogen-bond donors (Lipinski definition) is 1. The van der Waals surface area contributed by atoms with Crippen molar-refractivity contribution in [3.05, 3.63) is 58.6 Å². The summed E-state index contributed by atoms with van der Waals surface area (Å²) in [6, 6.07) is 13.3. The van der Waals surface area contributed by atoms with E-state index in [0.717, 1.165) is 29.7 Å². The van der Waals surface area contributed by atoms with Gasteiger partial charge in [-0.2, -0.15) is 0 Å². The van der Waals surface area contributed by atoms with Gasteiger partial charge in [-0.05, 0) is 74.2 Å². The molecule has 1 saturated carbocycles. The molecular weight excluding hydrogens is 406 g/mol. The monoisotopic (exact) mass is 427 g/mol. The van der Waals surface area contributed by atoms with Crippen LogP contribution in [-0.4, -0.2) is 33.2 Å². The Labute approximate surface area is 179 Å². The van der Waals surface area contributed by atoms with Crippen LogP contribution in [0.15, 0.2) is 47.5 Å². The zero-order valence-electron chi connectivity index (χ0n) is 16.3. The molecule has 0 spiro atoms. The fourth-order valence-electron chi connectivity index (χ4n) is 3.40. The van der Waals surface area contributed by atoms with Crippen LogP contribution in [0.1, 0.15) is 30.4 Å². The highest BCUT2D eigenvalue weighted by Crippen LogP contribution is 2.39. The number of nitrogens with one attached hydrogen (secondary N) is 1. The molecule has 1 unspecified atom stereocenters. The predicted octanol–water partition coefficient (Wildman–Crippen LogP) is 5.08. The van der Waals surface area contributed by atoms with Crippen LogP contribution >= 0.6 is 23.4 Å². The number of benzene rings is 2. The molecule has 4 rings (SSSR count). The highest BCUT2D eigenvalue weighted by Gasteiger charge is 2.46. The van der Waals surface area contributed by atoms with Crippen LogP contribution in [0, 0.1) is 13.8 Å². The lowest BCUT2D eigenvalue weighted by Gasteiger charge is -2.15. The van der Waals surface area contributed by atoms with Gasteiger partial charge in [0.1, 0.15) is 5.25 Å². The minimum Gasteiger partial charge on any atom is -0.326 e. The standard InChI is InChI=1S/C22H22ClN3O2S/c1-13-9-14(2)11-17(10-13)25-22-26(18-7-8-18)21(28)19(29-22)12-20(27)24-16-5-3-15(23)4-6-16/h3-6,9-11,18-19H,7-8,12H2,1-2H3,(H,24,27). The maximum Gasteiger partial charge on any atom is 0.242 e. The van der Waals surface area contributed by atoms with E-state index in [1.54, 1.807) is 29.2 Å². The number of nitrogens with zero attached hydrogens (tertiary/aromatic N) is 2. The van der Waals surface area contributed by atoms with Crippen molar-refractivity contribution >= 4 is 51.7 Å². The summed E-state index contributed by atoms with van der Waals surface area (Å²) in [6.45, 7) is 4.07. The van der Waals surface area contributed by atoms with Crippen LogP contribution in [0.4, 0.5) is 11.4 Å². The van der Waals surface area contributed by atoms with Crippen LogP contribution in [0.2, 0.25) is 5.02 Å². The summed E-state index contributed by atoms with van der Waals surface area (Å²) >= 11 is 7.27. The van der Waals surface area contributed by atoms with E-state index in [4.69, 9.17) is 16.6 Å². The Morgan fingerprint density at radius 2 is 1.83 bits per heavy atom. The fraction of sp³-hybridized carbons (Fsp3) is 0.318. The van der Waals surface area contributed by atoms with E-state index in [2.05, 4.69) is 11.4 Å². The molecule has 29 heavy (non-hydrogen) atoms. The quantitative estimate of drug-likeness (QED) is 0.723. The maximum absolute atomic E-state index is 13.0. The molecule has 2 amide bonds. The number of aliphatic imine (C=N–C) groups is 1. The average Bonchev–Trinajstić information content (AvgIpc) is 3.42. The lowest BCUT2D eigenvalue weighted by atomic mass is 10.1. The number of amides is 2. The summed E-state index contributed by atoms with van der Waals surface area (Å²) in [7, 11) is 0. The second kappa shape index (κ2) is 8.20. The number of halogens is 1. The average molecular weight is 428 g/mol. The van der Waals surface area contributed by atoms with Gasteiger partial charge < -0.3 is 5.32 Å². The van der Waals surface area contributed by atoms with Gasteiger partial charge in [0.25, 0.3) is 0 Å². The van der Waals surface area contributed by atoms with E-state index in [1.165, 1.54) is 11.8 Å². The normalized spacial score (nSPS) is 20.4. The molecule has 2 aliphatic rings. The Bertz CT molecular complexity index is 966. The second-order valence-electron chi connectivity index (χ2n) is 7.55. The van der Waals surface area contributed by atoms with Gasteiger partial charge in [0.15, 0.2) is 5.17 Å². The summed E-state index contributed by atoms with van der Waals surface area (Å²) in [5.74, 6) is -0.214. The molecule has 2 fully saturated rings. The Morgan fingerprint density at radius 3 is 2.45 bits per heavy atom. The van der Waals surface area contributed by atoms with Gasteiger partial charge in [0, 0.05) is 23.2 Å². The van der Waals surface area contributed by atoms with E-state index in [-0.39, 0.29) is 24.3 Å². The van der Waals surface area contributed by atoms with Crippen molar-refractivity contribution in [2.24, 2.45) is 4.99 Å². The molecule has 1 atom stereocenters. The van der Waals surface area contributed by atoms with Crippen molar-refractivity contribution in [1.82, 2.24) is 4.90 Å². The molecule has 0 aromatic heterocycles. The first kappa shape index (κ1) is 20.0. The lowest BCUT2D eigenvalue weighted by Crippen LogP contribution is -2.35. The van der Waals surface area contributed by atoms with Crippen LogP contribution in [0.3, 0.4) is 0 Å². The van der Waals surface area contributed by atoms with Gasteiger partial charge in [0.2, 0.25) is 11.8 Å². The van der Waals surface area contributed by atoms with Crippen molar-refractivity contribution in [2.75, 3.05) is 5.32 Å². The minimum atomic E-state index is -0.451. The van der Waals surface area contributed by atoms with Crippen molar-refractivity contribution < 1.29 is 9.59 Å². The first-order valence-corrected chi connectivity index (χ1v) is 10.9. The molecule has 7 heteroatoms. The van der Waals surface area contributed by atoms with Gasteiger partial charge in [-0.25, -0.2) is 4.99 Å². The molecule has 2 aromatic rings. The molecule has 150 valence electrons. The number of aryl methyl sites for hydroxylation is 2. The molecule has 1 saturated heterocycles. The first-order chi connectivity index (χ1) is 13.9. The molecule has 0 radical (unpaired) electrons. The molecule has 1 heterocycles. The van der Waals surface area contributed by atoms with Crippen LogP contribution in [0.25, 0.3) is 0 Å².